The monoisotopic (exact) mass is 450 g/mol. The topological polar surface area (TPSA) is 86.7 Å². The summed E-state index contributed by atoms with van der Waals surface area (Å²) in [6.45, 7) is 4.14. The summed E-state index contributed by atoms with van der Waals surface area (Å²) >= 11 is 0. The van der Waals surface area contributed by atoms with Crippen molar-refractivity contribution in [1.29, 1.82) is 0 Å². The minimum absolute atomic E-state index is 0.102. The van der Waals surface area contributed by atoms with Crippen LogP contribution in [-0.4, -0.2) is 23.5 Å². The molecule has 2 aliphatic carbocycles. The molecule has 0 aromatic heterocycles. The molecule has 6 heteroatoms. The fraction of sp³-hybridized carbons (Fsp3) is 0.846. The molecule has 32 heavy (non-hydrogen) atoms. The molecule has 0 heterocycles. The zero-order valence-corrected chi connectivity index (χ0v) is 20.2. The van der Waals surface area contributed by atoms with Crippen molar-refractivity contribution in [3.63, 3.8) is 0 Å². The van der Waals surface area contributed by atoms with Gasteiger partial charge in [-0.05, 0) is 38.5 Å². The summed E-state index contributed by atoms with van der Waals surface area (Å²) in [5.74, 6) is -1.71. The van der Waals surface area contributed by atoms with Gasteiger partial charge in [-0.1, -0.05) is 78.1 Å². The molecule has 0 saturated heterocycles. The van der Waals surface area contributed by atoms with Crippen molar-refractivity contribution in [2.24, 2.45) is 10.8 Å². The van der Waals surface area contributed by atoms with E-state index in [4.69, 9.17) is 9.78 Å². The van der Waals surface area contributed by atoms with Crippen LogP contribution in [0.1, 0.15) is 129 Å². The Morgan fingerprint density at radius 1 is 0.562 bits per heavy atom. The molecule has 0 amide bonds. The standard InChI is InChI=1S/C26H42O6/c1-3-5-9-15-21(27)25(17-11-7-12-18-25)23(29)31-32-24(30)26(19-13-8-14-20-26)22(28)16-10-6-4-2/h3-20H2,1-2H3. The first-order valence-corrected chi connectivity index (χ1v) is 12.9. The van der Waals surface area contributed by atoms with E-state index in [9.17, 15) is 19.2 Å². The Morgan fingerprint density at radius 2 is 0.906 bits per heavy atom. The van der Waals surface area contributed by atoms with Crippen LogP contribution in [0.3, 0.4) is 0 Å². The molecular weight excluding hydrogens is 408 g/mol. The lowest BCUT2D eigenvalue weighted by Gasteiger charge is -2.34. The van der Waals surface area contributed by atoms with E-state index >= 15 is 0 Å². The van der Waals surface area contributed by atoms with Gasteiger partial charge >= 0.3 is 11.9 Å². The maximum Gasteiger partial charge on any atom is 0.369 e. The predicted octanol–water partition coefficient (Wildman–Crippen LogP) is 6.19. The third-order valence-corrected chi connectivity index (χ3v) is 7.47. The zero-order chi connectivity index (χ0) is 23.5. The average molecular weight is 451 g/mol. The Balaban J connectivity index is 2.06. The molecule has 6 nitrogen and oxygen atoms in total. The molecule has 0 spiro atoms. The summed E-state index contributed by atoms with van der Waals surface area (Å²) in [6, 6.07) is 0. The van der Waals surface area contributed by atoms with Crippen LogP contribution in [0, 0.1) is 10.8 Å². The number of ketones is 2. The molecule has 0 aliphatic heterocycles. The van der Waals surface area contributed by atoms with Crippen molar-refractivity contribution in [1.82, 2.24) is 0 Å². The fourth-order valence-electron chi connectivity index (χ4n) is 5.29. The minimum atomic E-state index is -1.21. The summed E-state index contributed by atoms with van der Waals surface area (Å²) < 4.78 is 0. The summed E-state index contributed by atoms with van der Waals surface area (Å²) in [5.41, 5.74) is -2.42. The Hall–Kier alpha value is -1.72. The Kier molecular flexibility index (Phi) is 10.9. The van der Waals surface area contributed by atoms with Gasteiger partial charge in [-0.25, -0.2) is 19.4 Å². The first-order chi connectivity index (χ1) is 15.4. The second-order valence-corrected chi connectivity index (χ2v) is 9.79. The predicted molar refractivity (Wildman–Crippen MR) is 122 cm³/mol. The average Bonchev–Trinajstić information content (AvgIpc) is 2.83. The molecule has 0 N–H and O–H groups in total. The smallest absolute Gasteiger partial charge is 0.298 e. The lowest BCUT2D eigenvalue weighted by molar-refractivity contribution is -0.273. The van der Waals surface area contributed by atoms with Gasteiger partial charge < -0.3 is 0 Å². The van der Waals surface area contributed by atoms with Gasteiger partial charge in [-0.2, -0.15) is 0 Å². The molecular formula is C26H42O6. The van der Waals surface area contributed by atoms with Crippen LogP contribution >= 0.6 is 0 Å². The van der Waals surface area contributed by atoms with Crippen molar-refractivity contribution in [3.8, 4) is 0 Å². The molecule has 0 radical (unpaired) electrons. The molecule has 0 unspecified atom stereocenters. The lowest BCUT2D eigenvalue weighted by atomic mass is 9.70. The third kappa shape index (κ3) is 6.41. The SMILES string of the molecule is CCCCCC(=O)C1(C(=O)OOC(=O)C2(C(=O)CCCCC)CCCCC2)CCCCC1. The van der Waals surface area contributed by atoms with Gasteiger partial charge in [0.25, 0.3) is 0 Å². The Bertz CT molecular complexity index is 585. The van der Waals surface area contributed by atoms with Crippen LogP contribution in [0.2, 0.25) is 0 Å². The number of Topliss-reactive ketones (excluding diaryl/α,β-unsaturated/α-hetero) is 2. The van der Waals surface area contributed by atoms with E-state index in [1.54, 1.807) is 0 Å². The summed E-state index contributed by atoms with van der Waals surface area (Å²) in [6.07, 6.45) is 12.9. The first-order valence-electron chi connectivity index (χ1n) is 12.9. The van der Waals surface area contributed by atoms with Crippen LogP contribution in [0.15, 0.2) is 0 Å². The second kappa shape index (κ2) is 13.1. The number of carbonyl (C=O) groups excluding carboxylic acids is 4. The van der Waals surface area contributed by atoms with Crippen molar-refractivity contribution >= 4 is 23.5 Å². The maximum atomic E-state index is 13.1. The van der Waals surface area contributed by atoms with Crippen LogP contribution in [0.4, 0.5) is 0 Å². The molecule has 0 atom stereocenters. The molecule has 2 saturated carbocycles. The van der Waals surface area contributed by atoms with Crippen LogP contribution < -0.4 is 0 Å². The highest BCUT2D eigenvalue weighted by atomic mass is 17.2. The zero-order valence-electron chi connectivity index (χ0n) is 20.2. The third-order valence-electron chi connectivity index (χ3n) is 7.47. The van der Waals surface area contributed by atoms with Crippen LogP contribution in [0.25, 0.3) is 0 Å². The van der Waals surface area contributed by atoms with Crippen molar-refractivity contribution in [2.75, 3.05) is 0 Å². The normalized spacial score (nSPS) is 19.7. The van der Waals surface area contributed by atoms with Crippen molar-refractivity contribution in [3.05, 3.63) is 0 Å². The number of hydrogen-bond acceptors (Lipinski definition) is 6. The van der Waals surface area contributed by atoms with E-state index in [1.807, 2.05) is 0 Å². The summed E-state index contributed by atoms with van der Waals surface area (Å²) in [5, 5.41) is 0. The van der Waals surface area contributed by atoms with Gasteiger partial charge in [0.15, 0.2) is 0 Å². The van der Waals surface area contributed by atoms with Gasteiger partial charge in [0.2, 0.25) is 0 Å². The van der Waals surface area contributed by atoms with Gasteiger partial charge in [-0.3, -0.25) is 9.59 Å². The van der Waals surface area contributed by atoms with Gasteiger partial charge in [0.05, 0.1) is 0 Å². The maximum absolute atomic E-state index is 13.1. The largest absolute Gasteiger partial charge is 0.369 e. The number of hydrogen-bond donors (Lipinski definition) is 0. The Morgan fingerprint density at radius 3 is 1.22 bits per heavy atom. The second-order valence-electron chi connectivity index (χ2n) is 9.79. The molecule has 0 bridgehead atoms. The minimum Gasteiger partial charge on any atom is -0.298 e. The molecule has 2 rings (SSSR count). The first kappa shape index (κ1) is 26.5. The number of unbranched alkanes of at least 4 members (excludes halogenated alkanes) is 4. The van der Waals surface area contributed by atoms with Crippen LogP contribution in [0.5, 0.6) is 0 Å². The van der Waals surface area contributed by atoms with Gasteiger partial charge in [0.1, 0.15) is 22.4 Å². The van der Waals surface area contributed by atoms with Crippen molar-refractivity contribution < 1.29 is 29.0 Å². The Labute approximate surface area is 193 Å². The molecule has 2 fully saturated rings. The lowest BCUT2D eigenvalue weighted by Crippen LogP contribution is -2.45. The van der Waals surface area contributed by atoms with E-state index in [1.165, 1.54) is 0 Å². The highest BCUT2D eigenvalue weighted by Crippen LogP contribution is 2.42. The van der Waals surface area contributed by atoms with E-state index in [0.717, 1.165) is 77.0 Å². The van der Waals surface area contributed by atoms with Crippen molar-refractivity contribution in [2.45, 2.75) is 129 Å². The molecule has 0 aromatic carbocycles. The summed E-state index contributed by atoms with van der Waals surface area (Å²) in [7, 11) is 0. The quantitative estimate of drug-likeness (QED) is 0.152. The van der Waals surface area contributed by atoms with Crippen LogP contribution in [-0.2, 0) is 29.0 Å². The number of carbonyl (C=O) groups is 4. The molecule has 2 aliphatic rings. The van der Waals surface area contributed by atoms with E-state index in [2.05, 4.69) is 13.8 Å². The molecule has 0 aromatic rings. The number of rotatable bonds is 12. The van der Waals surface area contributed by atoms with E-state index in [-0.39, 0.29) is 11.6 Å². The van der Waals surface area contributed by atoms with E-state index < -0.39 is 22.8 Å². The summed E-state index contributed by atoms with van der Waals surface area (Å²) in [4.78, 5) is 62.3. The van der Waals surface area contributed by atoms with E-state index in [0.29, 0.717) is 38.5 Å². The molecule has 182 valence electrons. The fourth-order valence-corrected chi connectivity index (χ4v) is 5.29. The highest BCUT2D eigenvalue weighted by molar-refractivity contribution is 6.05. The van der Waals surface area contributed by atoms with Gasteiger partial charge in [-0.15, -0.1) is 0 Å². The van der Waals surface area contributed by atoms with Gasteiger partial charge in [0, 0.05) is 12.8 Å². The highest BCUT2D eigenvalue weighted by Gasteiger charge is 2.51.